The molecular weight excluding hydrogens is 354 g/mol. The van der Waals surface area contributed by atoms with Crippen LogP contribution in [0.25, 0.3) is 10.2 Å². The van der Waals surface area contributed by atoms with E-state index in [9.17, 15) is 4.79 Å². The zero-order chi connectivity index (χ0) is 18.5. The Bertz CT molecular complexity index is 780. The molecule has 1 aliphatic heterocycles. The maximum absolute atomic E-state index is 12.4. The van der Waals surface area contributed by atoms with Crippen molar-refractivity contribution in [3.05, 3.63) is 40.9 Å². The molecule has 27 heavy (non-hydrogen) atoms. The average Bonchev–Trinajstić information content (AvgIpc) is 3.13. The average molecular weight is 384 g/mol. The van der Waals surface area contributed by atoms with Gasteiger partial charge in [-0.05, 0) is 63.6 Å². The summed E-state index contributed by atoms with van der Waals surface area (Å²) < 4.78 is 1.26. The molecule has 0 saturated carbocycles. The number of allylic oxidation sites excluding steroid dienone is 1. The monoisotopic (exact) mass is 383 g/mol. The van der Waals surface area contributed by atoms with Crippen molar-refractivity contribution in [3.63, 3.8) is 0 Å². The Morgan fingerprint density at radius 3 is 3.04 bits per heavy atom. The number of hydrogen-bond donors (Lipinski definition) is 1. The zero-order valence-electron chi connectivity index (χ0n) is 16.0. The molecular formula is C22H29N3OS. The highest BCUT2D eigenvalue weighted by Crippen LogP contribution is 2.32. The number of likely N-dealkylation sites (tertiary alicyclic amines) is 1. The highest BCUT2D eigenvalue weighted by molar-refractivity contribution is 7.18. The standard InChI is InChI=1S/C22H29N3OS/c26-21(23-13-12-17-7-2-1-3-8-17)16-25-14-6-9-18(15-25)22-24-19-10-4-5-11-20(19)27-22/h4-5,7,10-11,18H,1-3,6,8-9,12-16H2,(H,23,26)/t18-/m1/s1. The second kappa shape index (κ2) is 8.98. The number of para-hydroxylation sites is 1. The molecule has 1 aliphatic carbocycles. The number of rotatable bonds is 6. The molecule has 0 bridgehead atoms. The maximum Gasteiger partial charge on any atom is 0.234 e. The summed E-state index contributed by atoms with van der Waals surface area (Å²) in [6.45, 7) is 3.25. The number of hydrogen-bond acceptors (Lipinski definition) is 4. The van der Waals surface area contributed by atoms with Gasteiger partial charge < -0.3 is 5.32 Å². The molecule has 0 radical (unpaired) electrons. The summed E-state index contributed by atoms with van der Waals surface area (Å²) in [6, 6.07) is 8.36. The van der Waals surface area contributed by atoms with Gasteiger partial charge in [0, 0.05) is 19.0 Å². The first-order valence-electron chi connectivity index (χ1n) is 10.3. The number of fused-ring (bicyclic) bond motifs is 1. The van der Waals surface area contributed by atoms with Gasteiger partial charge in [-0.25, -0.2) is 4.98 Å². The highest BCUT2D eigenvalue weighted by Gasteiger charge is 2.25. The van der Waals surface area contributed by atoms with Crippen LogP contribution in [0.5, 0.6) is 0 Å². The van der Waals surface area contributed by atoms with E-state index in [2.05, 4.69) is 34.5 Å². The van der Waals surface area contributed by atoms with Crippen LogP contribution in [0.4, 0.5) is 0 Å². The minimum atomic E-state index is 0.163. The maximum atomic E-state index is 12.4. The van der Waals surface area contributed by atoms with Crippen LogP contribution in [0.2, 0.25) is 0 Å². The molecule has 1 N–H and O–H groups in total. The van der Waals surface area contributed by atoms with E-state index >= 15 is 0 Å². The molecule has 4 rings (SSSR count). The third kappa shape index (κ3) is 4.96. The summed E-state index contributed by atoms with van der Waals surface area (Å²) in [4.78, 5) is 19.5. The quantitative estimate of drug-likeness (QED) is 0.748. The minimum Gasteiger partial charge on any atom is -0.355 e. The Morgan fingerprint density at radius 2 is 2.19 bits per heavy atom. The Hall–Kier alpha value is -1.72. The molecule has 1 amide bonds. The molecule has 144 valence electrons. The van der Waals surface area contributed by atoms with Crippen molar-refractivity contribution in [2.24, 2.45) is 0 Å². The predicted octanol–water partition coefficient (Wildman–Crippen LogP) is 4.48. The van der Waals surface area contributed by atoms with Gasteiger partial charge in [-0.2, -0.15) is 0 Å². The SMILES string of the molecule is O=C(CN1CCC[C@@H](c2nc3ccccc3s2)C1)NCCC1=CCCCC1. The Morgan fingerprint density at radius 1 is 1.26 bits per heavy atom. The van der Waals surface area contributed by atoms with Crippen LogP contribution in [0, 0.1) is 0 Å². The van der Waals surface area contributed by atoms with E-state index < -0.39 is 0 Å². The molecule has 1 aromatic heterocycles. The van der Waals surface area contributed by atoms with E-state index in [1.54, 1.807) is 0 Å². The third-order valence-electron chi connectivity index (χ3n) is 5.69. The Labute approximate surface area is 165 Å². The van der Waals surface area contributed by atoms with E-state index in [1.165, 1.54) is 47.4 Å². The second-order valence-electron chi connectivity index (χ2n) is 7.80. The van der Waals surface area contributed by atoms with Gasteiger partial charge in [0.05, 0.1) is 21.8 Å². The Balaban J connectivity index is 1.26. The molecule has 1 fully saturated rings. The molecule has 5 heteroatoms. The lowest BCUT2D eigenvalue weighted by Gasteiger charge is -2.31. The molecule has 2 heterocycles. The summed E-state index contributed by atoms with van der Waals surface area (Å²) in [5.41, 5.74) is 2.62. The molecule has 1 aromatic carbocycles. The summed E-state index contributed by atoms with van der Waals surface area (Å²) in [7, 11) is 0. The number of carbonyl (C=O) groups excluding carboxylic acids is 1. The van der Waals surface area contributed by atoms with Crippen molar-refractivity contribution < 1.29 is 4.79 Å². The van der Waals surface area contributed by atoms with Gasteiger partial charge in [0.1, 0.15) is 0 Å². The largest absolute Gasteiger partial charge is 0.355 e. The molecule has 0 unspecified atom stereocenters. The topological polar surface area (TPSA) is 45.2 Å². The highest BCUT2D eigenvalue weighted by atomic mass is 32.1. The van der Waals surface area contributed by atoms with Crippen LogP contribution in [-0.4, -0.2) is 42.0 Å². The van der Waals surface area contributed by atoms with E-state index in [0.29, 0.717) is 12.5 Å². The fourth-order valence-corrected chi connectivity index (χ4v) is 5.31. The number of thiazole rings is 1. The van der Waals surface area contributed by atoms with E-state index in [0.717, 1.165) is 38.0 Å². The van der Waals surface area contributed by atoms with Gasteiger partial charge >= 0.3 is 0 Å². The fraction of sp³-hybridized carbons (Fsp3) is 0.545. The number of aromatic nitrogens is 1. The van der Waals surface area contributed by atoms with Crippen LogP contribution < -0.4 is 5.32 Å². The third-order valence-corrected chi connectivity index (χ3v) is 6.88. The molecule has 0 spiro atoms. The van der Waals surface area contributed by atoms with Crippen molar-refractivity contribution in [2.75, 3.05) is 26.2 Å². The lowest BCUT2D eigenvalue weighted by molar-refractivity contribution is -0.122. The first kappa shape index (κ1) is 18.6. The molecule has 4 nitrogen and oxygen atoms in total. The van der Waals surface area contributed by atoms with Crippen molar-refractivity contribution in [1.29, 1.82) is 0 Å². The Kier molecular flexibility index (Phi) is 6.20. The van der Waals surface area contributed by atoms with Crippen molar-refractivity contribution in [1.82, 2.24) is 15.2 Å². The molecule has 2 aliphatic rings. The van der Waals surface area contributed by atoms with Crippen LogP contribution >= 0.6 is 11.3 Å². The van der Waals surface area contributed by atoms with Crippen LogP contribution in [0.15, 0.2) is 35.9 Å². The first-order chi connectivity index (χ1) is 13.3. The van der Waals surface area contributed by atoms with Crippen LogP contribution in [0.1, 0.15) is 55.9 Å². The number of amides is 1. The van der Waals surface area contributed by atoms with Crippen LogP contribution in [-0.2, 0) is 4.79 Å². The second-order valence-corrected chi connectivity index (χ2v) is 8.86. The molecule has 1 saturated heterocycles. The van der Waals surface area contributed by atoms with Gasteiger partial charge in [0.2, 0.25) is 5.91 Å². The van der Waals surface area contributed by atoms with E-state index in [1.807, 2.05) is 17.4 Å². The number of piperidine rings is 1. The van der Waals surface area contributed by atoms with Crippen molar-refractivity contribution >= 4 is 27.5 Å². The fourth-order valence-electron chi connectivity index (χ4n) is 4.22. The normalized spacial score (nSPS) is 21.2. The molecule has 1 atom stereocenters. The smallest absolute Gasteiger partial charge is 0.234 e. The lowest BCUT2D eigenvalue weighted by Crippen LogP contribution is -2.42. The van der Waals surface area contributed by atoms with E-state index in [4.69, 9.17) is 4.98 Å². The van der Waals surface area contributed by atoms with E-state index in [-0.39, 0.29) is 5.91 Å². The van der Waals surface area contributed by atoms with Gasteiger partial charge in [-0.3, -0.25) is 9.69 Å². The van der Waals surface area contributed by atoms with Gasteiger partial charge in [0.15, 0.2) is 0 Å². The molecule has 2 aromatic rings. The number of carbonyl (C=O) groups is 1. The summed E-state index contributed by atoms with van der Waals surface area (Å²) in [6.07, 6.45) is 10.7. The minimum absolute atomic E-state index is 0.163. The van der Waals surface area contributed by atoms with Gasteiger partial charge in [0.25, 0.3) is 0 Å². The summed E-state index contributed by atoms with van der Waals surface area (Å²) in [5, 5.41) is 4.35. The predicted molar refractivity (Wildman–Crippen MR) is 112 cm³/mol. The number of nitrogens with zero attached hydrogens (tertiary/aromatic N) is 2. The number of nitrogens with one attached hydrogen (secondary N) is 1. The summed E-state index contributed by atoms with van der Waals surface area (Å²) >= 11 is 1.81. The van der Waals surface area contributed by atoms with Crippen molar-refractivity contribution in [3.8, 4) is 0 Å². The number of benzene rings is 1. The van der Waals surface area contributed by atoms with Gasteiger partial charge in [-0.15, -0.1) is 11.3 Å². The first-order valence-corrected chi connectivity index (χ1v) is 11.1. The zero-order valence-corrected chi connectivity index (χ0v) is 16.8. The summed E-state index contributed by atoms with van der Waals surface area (Å²) in [5.74, 6) is 0.618. The van der Waals surface area contributed by atoms with Gasteiger partial charge in [-0.1, -0.05) is 23.8 Å². The van der Waals surface area contributed by atoms with Crippen LogP contribution in [0.3, 0.4) is 0 Å². The lowest BCUT2D eigenvalue weighted by atomic mass is 9.97. The van der Waals surface area contributed by atoms with Crippen molar-refractivity contribution in [2.45, 2.75) is 50.9 Å².